The SMILES string of the molecule is N#Cc1ccc(SCc2ccc(OCc3cccnc3)cc2)cc1. The van der Waals surface area contributed by atoms with E-state index in [1.165, 1.54) is 5.56 Å². The van der Waals surface area contributed by atoms with E-state index in [1.807, 2.05) is 54.7 Å². The Hall–Kier alpha value is -2.77. The smallest absolute Gasteiger partial charge is 0.119 e. The molecule has 3 nitrogen and oxygen atoms in total. The van der Waals surface area contributed by atoms with Gasteiger partial charge in [-0.2, -0.15) is 5.26 Å². The summed E-state index contributed by atoms with van der Waals surface area (Å²) in [5, 5.41) is 8.81. The Labute approximate surface area is 145 Å². The third-order valence-electron chi connectivity index (χ3n) is 3.44. The number of pyridine rings is 1. The highest BCUT2D eigenvalue weighted by molar-refractivity contribution is 7.98. The first kappa shape index (κ1) is 16.1. The zero-order valence-electron chi connectivity index (χ0n) is 13.1. The van der Waals surface area contributed by atoms with E-state index in [9.17, 15) is 0 Å². The van der Waals surface area contributed by atoms with E-state index in [-0.39, 0.29) is 0 Å². The molecule has 2 aromatic carbocycles. The van der Waals surface area contributed by atoms with E-state index in [0.29, 0.717) is 12.2 Å². The summed E-state index contributed by atoms with van der Waals surface area (Å²) < 4.78 is 5.76. The highest BCUT2D eigenvalue weighted by Crippen LogP contribution is 2.24. The molecule has 0 aliphatic carbocycles. The number of aromatic nitrogens is 1. The summed E-state index contributed by atoms with van der Waals surface area (Å²) in [6.45, 7) is 0.521. The summed E-state index contributed by atoms with van der Waals surface area (Å²) in [5.41, 5.74) is 2.98. The fourth-order valence-corrected chi connectivity index (χ4v) is 2.98. The van der Waals surface area contributed by atoms with E-state index >= 15 is 0 Å². The second-order valence-corrected chi connectivity index (χ2v) is 6.27. The van der Waals surface area contributed by atoms with Crippen molar-refractivity contribution in [3.8, 4) is 11.8 Å². The molecule has 0 radical (unpaired) electrons. The number of hydrogen-bond donors (Lipinski definition) is 0. The Morgan fingerprint density at radius 1 is 0.958 bits per heavy atom. The summed E-state index contributed by atoms with van der Waals surface area (Å²) in [6, 6.07) is 21.8. The molecular weight excluding hydrogens is 316 g/mol. The quantitative estimate of drug-likeness (QED) is 0.607. The maximum Gasteiger partial charge on any atom is 0.119 e. The van der Waals surface area contributed by atoms with Crippen molar-refractivity contribution >= 4 is 11.8 Å². The van der Waals surface area contributed by atoms with Crippen molar-refractivity contribution in [1.82, 2.24) is 4.98 Å². The van der Waals surface area contributed by atoms with Crippen LogP contribution in [0.4, 0.5) is 0 Å². The molecule has 0 saturated heterocycles. The topological polar surface area (TPSA) is 45.9 Å². The van der Waals surface area contributed by atoms with Gasteiger partial charge in [-0.25, -0.2) is 0 Å². The van der Waals surface area contributed by atoms with Gasteiger partial charge in [0.2, 0.25) is 0 Å². The Kier molecular flexibility index (Phi) is 5.49. The molecule has 0 aliphatic heterocycles. The van der Waals surface area contributed by atoms with Gasteiger partial charge in [0.15, 0.2) is 0 Å². The third kappa shape index (κ3) is 4.61. The minimum absolute atomic E-state index is 0.521. The average molecular weight is 332 g/mol. The lowest BCUT2D eigenvalue weighted by Gasteiger charge is -2.07. The van der Waals surface area contributed by atoms with Crippen LogP contribution >= 0.6 is 11.8 Å². The fourth-order valence-electron chi connectivity index (χ4n) is 2.12. The van der Waals surface area contributed by atoms with Crippen molar-refractivity contribution in [1.29, 1.82) is 5.26 Å². The van der Waals surface area contributed by atoms with Crippen molar-refractivity contribution in [2.45, 2.75) is 17.3 Å². The first-order valence-corrected chi connectivity index (χ1v) is 8.56. The second-order valence-electron chi connectivity index (χ2n) is 5.22. The van der Waals surface area contributed by atoms with Crippen molar-refractivity contribution < 1.29 is 4.74 Å². The van der Waals surface area contributed by atoms with Crippen LogP contribution in [0.5, 0.6) is 5.75 Å². The summed E-state index contributed by atoms with van der Waals surface area (Å²) in [7, 11) is 0. The maximum absolute atomic E-state index is 8.81. The lowest BCUT2D eigenvalue weighted by molar-refractivity contribution is 0.305. The highest BCUT2D eigenvalue weighted by atomic mass is 32.2. The molecule has 118 valence electrons. The van der Waals surface area contributed by atoms with Crippen LogP contribution in [0.2, 0.25) is 0 Å². The van der Waals surface area contributed by atoms with Crippen molar-refractivity contribution in [3.63, 3.8) is 0 Å². The number of nitrogens with zero attached hydrogens (tertiary/aromatic N) is 2. The molecule has 0 fully saturated rings. The zero-order chi connectivity index (χ0) is 16.6. The Morgan fingerprint density at radius 3 is 2.42 bits per heavy atom. The highest BCUT2D eigenvalue weighted by Gasteiger charge is 2.00. The summed E-state index contributed by atoms with van der Waals surface area (Å²) in [6.07, 6.45) is 3.56. The van der Waals surface area contributed by atoms with Gasteiger partial charge in [0, 0.05) is 28.6 Å². The van der Waals surface area contributed by atoms with Crippen LogP contribution in [0.25, 0.3) is 0 Å². The van der Waals surface area contributed by atoms with Crippen LogP contribution in [-0.4, -0.2) is 4.98 Å². The molecule has 0 atom stereocenters. The Balaban J connectivity index is 1.51. The van der Waals surface area contributed by atoms with E-state index in [2.05, 4.69) is 23.2 Å². The molecule has 24 heavy (non-hydrogen) atoms. The largest absolute Gasteiger partial charge is 0.489 e. The van der Waals surface area contributed by atoms with E-state index in [0.717, 1.165) is 22.0 Å². The molecule has 3 rings (SSSR count). The standard InChI is InChI=1S/C20H16N2OS/c21-12-16-5-9-20(10-6-16)24-15-17-3-7-19(8-4-17)23-14-18-2-1-11-22-13-18/h1-11,13H,14-15H2. The van der Waals surface area contributed by atoms with Gasteiger partial charge in [-0.3, -0.25) is 4.98 Å². The fraction of sp³-hybridized carbons (Fsp3) is 0.100. The Bertz CT molecular complexity index is 809. The normalized spacial score (nSPS) is 10.1. The number of benzene rings is 2. The van der Waals surface area contributed by atoms with Crippen molar-refractivity contribution in [2.24, 2.45) is 0 Å². The number of ether oxygens (including phenoxy) is 1. The molecule has 3 aromatic rings. The molecule has 0 saturated carbocycles. The zero-order valence-corrected chi connectivity index (χ0v) is 13.9. The predicted molar refractivity (Wildman–Crippen MR) is 95.7 cm³/mol. The molecule has 0 spiro atoms. The monoisotopic (exact) mass is 332 g/mol. The van der Waals surface area contributed by atoms with Crippen LogP contribution in [0, 0.1) is 11.3 Å². The third-order valence-corrected chi connectivity index (χ3v) is 4.52. The van der Waals surface area contributed by atoms with Gasteiger partial charge in [0.25, 0.3) is 0 Å². The van der Waals surface area contributed by atoms with Gasteiger partial charge in [0.1, 0.15) is 12.4 Å². The van der Waals surface area contributed by atoms with Crippen molar-refractivity contribution in [3.05, 3.63) is 89.7 Å². The first-order valence-electron chi connectivity index (χ1n) is 7.57. The molecule has 1 heterocycles. The summed E-state index contributed by atoms with van der Waals surface area (Å²) in [5.74, 6) is 1.74. The minimum Gasteiger partial charge on any atom is -0.489 e. The van der Waals surface area contributed by atoms with E-state index in [4.69, 9.17) is 10.00 Å². The van der Waals surface area contributed by atoms with Crippen LogP contribution in [-0.2, 0) is 12.4 Å². The Morgan fingerprint density at radius 2 is 1.75 bits per heavy atom. The number of thioether (sulfide) groups is 1. The molecular formula is C20H16N2OS. The van der Waals surface area contributed by atoms with Crippen LogP contribution in [0.3, 0.4) is 0 Å². The lowest BCUT2D eigenvalue weighted by atomic mass is 10.2. The summed E-state index contributed by atoms with van der Waals surface area (Å²) in [4.78, 5) is 5.23. The average Bonchev–Trinajstić information content (AvgIpc) is 2.67. The van der Waals surface area contributed by atoms with Crippen LogP contribution in [0.1, 0.15) is 16.7 Å². The molecule has 0 amide bonds. The molecule has 1 aromatic heterocycles. The van der Waals surface area contributed by atoms with Gasteiger partial charge in [-0.15, -0.1) is 11.8 Å². The molecule has 0 unspecified atom stereocenters. The van der Waals surface area contributed by atoms with Gasteiger partial charge >= 0.3 is 0 Å². The number of nitriles is 1. The molecule has 0 aliphatic rings. The van der Waals surface area contributed by atoms with Gasteiger partial charge in [-0.05, 0) is 48.0 Å². The molecule has 4 heteroatoms. The van der Waals surface area contributed by atoms with Crippen LogP contribution < -0.4 is 4.74 Å². The van der Waals surface area contributed by atoms with Crippen molar-refractivity contribution in [2.75, 3.05) is 0 Å². The lowest BCUT2D eigenvalue weighted by Crippen LogP contribution is -1.95. The van der Waals surface area contributed by atoms with Gasteiger partial charge < -0.3 is 4.74 Å². The molecule has 0 N–H and O–H groups in total. The van der Waals surface area contributed by atoms with Crippen LogP contribution in [0.15, 0.2) is 78.0 Å². The molecule has 0 bridgehead atoms. The predicted octanol–water partition coefficient (Wildman–Crippen LogP) is 4.82. The second kappa shape index (κ2) is 8.19. The first-order chi connectivity index (χ1) is 11.8. The number of rotatable bonds is 6. The van der Waals surface area contributed by atoms with Gasteiger partial charge in [0.05, 0.1) is 11.6 Å². The minimum atomic E-state index is 0.521. The maximum atomic E-state index is 8.81. The summed E-state index contributed by atoms with van der Waals surface area (Å²) >= 11 is 1.75. The van der Waals surface area contributed by atoms with E-state index in [1.54, 1.807) is 18.0 Å². The number of hydrogen-bond acceptors (Lipinski definition) is 4. The van der Waals surface area contributed by atoms with Gasteiger partial charge in [-0.1, -0.05) is 18.2 Å². The van der Waals surface area contributed by atoms with E-state index < -0.39 is 0 Å².